The maximum atomic E-state index is 12.8. The van der Waals surface area contributed by atoms with Gasteiger partial charge in [0.2, 0.25) is 10.0 Å². The molecule has 0 radical (unpaired) electrons. The molecule has 0 spiro atoms. The van der Waals surface area contributed by atoms with E-state index in [2.05, 4.69) is 0 Å². The van der Waals surface area contributed by atoms with E-state index in [1.54, 1.807) is 12.1 Å². The largest absolute Gasteiger partial charge is 0.374 e. The zero-order valence-corrected chi connectivity index (χ0v) is 15.0. The van der Waals surface area contributed by atoms with Crippen LogP contribution in [0.25, 0.3) is 0 Å². The lowest BCUT2D eigenvalue weighted by atomic mass is 10.0. The third kappa shape index (κ3) is 4.13. The second-order valence-corrected chi connectivity index (χ2v) is 7.75. The molecule has 22 heavy (non-hydrogen) atoms. The Balaban J connectivity index is 0.00000242. The van der Waals surface area contributed by atoms with Gasteiger partial charge in [-0.1, -0.05) is 31.5 Å². The summed E-state index contributed by atoms with van der Waals surface area (Å²) in [6.45, 7) is 5.26. The van der Waals surface area contributed by atoms with Crippen molar-refractivity contribution >= 4 is 34.0 Å². The van der Waals surface area contributed by atoms with Gasteiger partial charge < -0.3 is 10.5 Å². The van der Waals surface area contributed by atoms with Gasteiger partial charge in [-0.05, 0) is 23.6 Å². The Hall–Kier alpha value is -0.370. The number of ether oxygens (including phenoxy) is 1. The topological polar surface area (TPSA) is 72.6 Å². The van der Waals surface area contributed by atoms with E-state index in [4.69, 9.17) is 22.1 Å². The maximum Gasteiger partial charge on any atom is 0.244 e. The van der Waals surface area contributed by atoms with E-state index in [1.807, 2.05) is 19.9 Å². The molecule has 2 rings (SSSR count). The van der Waals surface area contributed by atoms with Gasteiger partial charge in [0.1, 0.15) is 4.90 Å². The fourth-order valence-corrected chi connectivity index (χ4v) is 4.23. The van der Waals surface area contributed by atoms with Gasteiger partial charge in [-0.2, -0.15) is 4.31 Å². The summed E-state index contributed by atoms with van der Waals surface area (Å²) >= 11 is 6.11. The van der Waals surface area contributed by atoms with Crippen LogP contribution >= 0.6 is 24.0 Å². The van der Waals surface area contributed by atoms with Crippen LogP contribution in [0.4, 0.5) is 0 Å². The molecule has 1 aromatic carbocycles. The van der Waals surface area contributed by atoms with Crippen LogP contribution in [-0.2, 0) is 14.8 Å². The fourth-order valence-electron chi connectivity index (χ4n) is 2.27. The molecule has 1 aliphatic rings. The fraction of sp³-hybridized carbons (Fsp3) is 0.571. The van der Waals surface area contributed by atoms with E-state index in [9.17, 15) is 8.42 Å². The molecule has 5 nitrogen and oxygen atoms in total. The van der Waals surface area contributed by atoms with Gasteiger partial charge in [0.25, 0.3) is 0 Å². The van der Waals surface area contributed by atoms with Crippen molar-refractivity contribution in [3.05, 3.63) is 28.8 Å². The van der Waals surface area contributed by atoms with Crippen LogP contribution in [-0.4, -0.2) is 45.1 Å². The van der Waals surface area contributed by atoms with Gasteiger partial charge in [0, 0.05) is 19.6 Å². The molecule has 2 N–H and O–H groups in total. The van der Waals surface area contributed by atoms with E-state index < -0.39 is 10.0 Å². The smallest absolute Gasteiger partial charge is 0.244 e. The standard InChI is InChI=1S/C14H21ClN2O3S.ClH/c1-10(2)11-3-4-13(15)14(7-11)21(18,19)17-5-6-20-12(8-16)9-17;/h3-4,7,10,12H,5-6,8-9,16H2,1-2H3;1H. The number of nitrogens with two attached hydrogens (primary N) is 1. The first-order chi connectivity index (χ1) is 9.86. The van der Waals surface area contributed by atoms with Crippen LogP contribution in [0.1, 0.15) is 25.3 Å². The number of halogens is 2. The van der Waals surface area contributed by atoms with E-state index >= 15 is 0 Å². The summed E-state index contributed by atoms with van der Waals surface area (Å²) in [5.41, 5.74) is 6.51. The molecule has 0 aromatic heterocycles. The summed E-state index contributed by atoms with van der Waals surface area (Å²) in [7, 11) is -3.63. The van der Waals surface area contributed by atoms with Crippen molar-refractivity contribution in [3.8, 4) is 0 Å². The van der Waals surface area contributed by atoms with E-state index in [-0.39, 0.29) is 40.9 Å². The SMILES string of the molecule is CC(C)c1ccc(Cl)c(S(=O)(=O)N2CCOC(CN)C2)c1.Cl. The second kappa shape index (κ2) is 7.95. The van der Waals surface area contributed by atoms with Crippen LogP contribution in [0.2, 0.25) is 5.02 Å². The van der Waals surface area contributed by atoms with Gasteiger partial charge in [-0.25, -0.2) is 8.42 Å². The Morgan fingerprint density at radius 2 is 2.14 bits per heavy atom. The molecule has 1 unspecified atom stereocenters. The Bertz CT molecular complexity index is 608. The number of sulfonamides is 1. The molecule has 1 saturated heterocycles. The van der Waals surface area contributed by atoms with Crippen LogP contribution in [0.5, 0.6) is 0 Å². The lowest BCUT2D eigenvalue weighted by Gasteiger charge is -2.31. The minimum atomic E-state index is -3.63. The first-order valence-electron chi connectivity index (χ1n) is 6.97. The number of benzene rings is 1. The van der Waals surface area contributed by atoms with Gasteiger partial charge in [0.05, 0.1) is 17.7 Å². The highest BCUT2D eigenvalue weighted by atomic mass is 35.5. The van der Waals surface area contributed by atoms with Gasteiger partial charge >= 0.3 is 0 Å². The lowest BCUT2D eigenvalue weighted by Crippen LogP contribution is -2.48. The van der Waals surface area contributed by atoms with Crippen LogP contribution in [0.15, 0.2) is 23.1 Å². The van der Waals surface area contributed by atoms with Crippen molar-refractivity contribution in [1.29, 1.82) is 0 Å². The normalized spacial score (nSPS) is 20.0. The molecule has 0 aliphatic carbocycles. The molecule has 0 saturated carbocycles. The molecular formula is C14H22Cl2N2O3S. The molecule has 1 heterocycles. The number of hydrogen-bond acceptors (Lipinski definition) is 4. The Morgan fingerprint density at radius 3 is 2.73 bits per heavy atom. The summed E-state index contributed by atoms with van der Waals surface area (Å²) < 4.78 is 32.4. The van der Waals surface area contributed by atoms with E-state index in [1.165, 1.54) is 4.31 Å². The monoisotopic (exact) mass is 368 g/mol. The summed E-state index contributed by atoms with van der Waals surface area (Å²) in [4.78, 5) is 0.160. The second-order valence-electron chi connectivity index (χ2n) is 5.44. The first kappa shape index (κ1) is 19.7. The number of rotatable bonds is 4. The Morgan fingerprint density at radius 1 is 1.45 bits per heavy atom. The highest BCUT2D eigenvalue weighted by molar-refractivity contribution is 7.89. The van der Waals surface area contributed by atoms with Gasteiger partial charge in [-0.15, -0.1) is 12.4 Å². The van der Waals surface area contributed by atoms with Crippen molar-refractivity contribution in [1.82, 2.24) is 4.31 Å². The average molecular weight is 369 g/mol. The highest BCUT2D eigenvalue weighted by Gasteiger charge is 2.31. The molecule has 1 aromatic rings. The molecule has 1 fully saturated rings. The van der Waals surface area contributed by atoms with Crippen molar-refractivity contribution in [3.63, 3.8) is 0 Å². The molecule has 126 valence electrons. The van der Waals surface area contributed by atoms with Crippen molar-refractivity contribution in [2.45, 2.75) is 30.8 Å². The number of hydrogen-bond donors (Lipinski definition) is 1. The zero-order chi connectivity index (χ0) is 15.6. The molecule has 1 aliphatic heterocycles. The summed E-state index contributed by atoms with van der Waals surface area (Å²) in [6.07, 6.45) is -0.263. The van der Waals surface area contributed by atoms with E-state index in [0.717, 1.165) is 5.56 Å². The summed E-state index contributed by atoms with van der Waals surface area (Å²) in [5.74, 6) is 0.234. The van der Waals surface area contributed by atoms with Crippen LogP contribution < -0.4 is 5.73 Å². The number of nitrogens with zero attached hydrogens (tertiary/aromatic N) is 1. The lowest BCUT2D eigenvalue weighted by molar-refractivity contribution is 0.00450. The van der Waals surface area contributed by atoms with E-state index in [0.29, 0.717) is 19.7 Å². The first-order valence-corrected chi connectivity index (χ1v) is 8.79. The van der Waals surface area contributed by atoms with Crippen LogP contribution in [0.3, 0.4) is 0 Å². The van der Waals surface area contributed by atoms with Crippen molar-refractivity contribution in [2.75, 3.05) is 26.2 Å². The third-order valence-electron chi connectivity index (χ3n) is 3.60. The summed E-state index contributed by atoms with van der Waals surface area (Å²) in [5, 5.41) is 0.246. The Kier molecular flexibility index (Phi) is 7.11. The maximum absolute atomic E-state index is 12.8. The minimum absolute atomic E-state index is 0. The van der Waals surface area contributed by atoms with Gasteiger partial charge in [0.15, 0.2) is 0 Å². The van der Waals surface area contributed by atoms with Crippen molar-refractivity contribution in [2.24, 2.45) is 5.73 Å². The average Bonchev–Trinajstić information content (AvgIpc) is 2.47. The zero-order valence-electron chi connectivity index (χ0n) is 12.7. The van der Waals surface area contributed by atoms with Crippen molar-refractivity contribution < 1.29 is 13.2 Å². The highest BCUT2D eigenvalue weighted by Crippen LogP contribution is 2.29. The quantitative estimate of drug-likeness (QED) is 0.884. The minimum Gasteiger partial charge on any atom is -0.374 e. The number of morpholine rings is 1. The predicted octanol–water partition coefficient (Wildman–Crippen LogP) is 2.23. The predicted molar refractivity (Wildman–Crippen MR) is 90.3 cm³/mol. The third-order valence-corrected chi connectivity index (χ3v) is 5.95. The molecule has 8 heteroatoms. The van der Waals surface area contributed by atoms with Gasteiger partial charge in [-0.3, -0.25) is 0 Å². The molecule has 0 amide bonds. The summed E-state index contributed by atoms with van der Waals surface area (Å²) in [6, 6.07) is 5.16. The van der Waals surface area contributed by atoms with Crippen LogP contribution in [0, 0.1) is 0 Å². The Labute approximate surface area is 143 Å². The molecular weight excluding hydrogens is 347 g/mol. The molecule has 0 bridgehead atoms. The molecule has 1 atom stereocenters.